The summed E-state index contributed by atoms with van der Waals surface area (Å²) in [4.78, 5) is 12.2. The van der Waals surface area contributed by atoms with Crippen LogP contribution in [0.4, 0.5) is 0 Å². The molecular weight excluding hydrogens is 304 g/mol. The average molecular weight is 324 g/mol. The van der Waals surface area contributed by atoms with Gasteiger partial charge in [0.05, 0.1) is 17.7 Å². The summed E-state index contributed by atoms with van der Waals surface area (Å²) in [5.41, 5.74) is 1.09. The molecule has 2 aromatic carbocycles. The molecule has 1 amide bonds. The first-order valence-electron chi connectivity index (χ1n) is 7.59. The van der Waals surface area contributed by atoms with Gasteiger partial charge in [-0.1, -0.05) is 24.3 Å². The van der Waals surface area contributed by atoms with Crippen LogP contribution < -0.4 is 10.1 Å². The summed E-state index contributed by atoms with van der Waals surface area (Å²) in [5, 5.41) is 21.1. The van der Waals surface area contributed by atoms with Gasteiger partial charge in [0.2, 0.25) is 0 Å². The molecule has 0 heterocycles. The van der Waals surface area contributed by atoms with Crippen LogP contribution in [0.1, 0.15) is 35.3 Å². The first-order chi connectivity index (χ1) is 11.4. The quantitative estimate of drug-likeness (QED) is 0.856. The molecule has 5 nitrogen and oxygen atoms in total. The van der Waals surface area contributed by atoms with Crippen LogP contribution in [0.2, 0.25) is 0 Å². The average Bonchev–Trinajstić information content (AvgIpc) is 2.60. The summed E-state index contributed by atoms with van der Waals surface area (Å²) in [6, 6.07) is 16.1. The molecule has 0 aromatic heterocycles. The zero-order chi connectivity index (χ0) is 17.6. The normalized spacial score (nSPS) is 10.8. The molecule has 0 saturated heterocycles. The molecule has 0 radical (unpaired) electrons. The van der Waals surface area contributed by atoms with Crippen LogP contribution in [0.5, 0.6) is 5.75 Å². The van der Waals surface area contributed by atoms with E-state index in [0.717, 1.165) is 5.56 Å². The minimum atomic E-state index is -0.685. The van der Waals surface area contributed by atoms with Crippen molar-refractivity contribution in [3.8, 4) is 11.8 Å². The number of hydrogen-bond donors (Lipinski definition) is 2. The van der Waals surface area contributed by atoms with Crippen molar-refractivity contribution in [3.05, 3.63) is 65.2 Å². The van der Waals surface area contributed by atoms with E-state index in [0.29, 0.717) is 16.9 Å². The van der Waals surface area contributed by atoms with E-state index in [-0.39, 0.29) is 19.1 Å². The second-order valence-electron chi connectivity index (χ2n) is 6.09. The number of hydrogen-bond acceptors (Lipinski definition) is 4. The van der Waals surface area contributed by atoms with Crippen molar-refractivity contribution < 1.29 is 14.6 Å². The Bertz CT molecular complexity index is 763. The van der Waals surface area contributed by atoms with Gasteiger partial charge in [-0.3, -0.25) is 4.79 Å². The molecule has 0 spiro atoms. The number of ether oxygens (including phenoxy) is 1. The molecule has 0 atom stereocenters. The van der Waals surface area contributed by atoms with Crippen LogP contribution in [0.15, 0.2) is 48.5 Å². The molecule has 0 fully saturated rings. The Hall–Kier alpha value is -2.84. The third-order valence-corrected chi connectivity index (χ3v) is 3.44. The fourth-order valence-electron chi connectivity index (χ4n) is 2.07. The van der Waals surface area contributed by atoms with Gasteiger partial charge >= 0.3 is 0 Å². The third-order valence-electron chi connectivity index (χ3n) is 3.44. The molecule has 2 rings (SSSR count). The maximum atomic E-state index is 12.2. The van der Waals surface area contributed by atoms with Crippen LogP contribution in [0, 0.1) is 11.3 Å². The Balaban J connectivity index is 2.08. The molecule has 0 bridgehead atoms. The molecule has 2 N–H and O–H groups in total. The van der Waals surface area contributed by atoms with Gasteiger partial charge in [0, 0.05) is 5.56 Å². The van der Waals surface area contributed by atoms with Crippen molar-refractivity contribution in [2.24, 2.45) is 0 Å². The van der Waals surface area contributed by atoms with Gasteiger partial charge in [0.1, 0.15) is 18.4 Å². The lowest BCUT2D eigenvalue weighted by Crippen LogP contribution is -2.46. The fraction of sp³-hybridized carbons (Fsp3) is 0.263. The molecule has 2 aromatic rings. The minimum absolute atomic E-state index is 0.146. The van der Waals surface area contributed by atoms with E-state index in [9.17, 15) is 9.90 Å². The molecule has 0 aliphatic carbocycles. The topological polar surface area (TPSA) is 82.3 Å². The Labute approximate surface area is 141 Å². The highest BCUT2D eigenvalue weighted by Crippen LogP contribution is 2.18. The number of carbonyl (C=O) groups excluding carboxylic acids is 1. The number of nitrogens with zero attached hydrogens (tertiary/aromatic N) is 1. The van der Waals surface area contributed by atoms with Crippen molar-refractivity contribution >= 4 is 5.91 Å². The molecule has 0 saturated carbocycles. The number of aliphatic hydroxyl groups excluding tert-OH is 1. The number of nitriles is 1. The van der Waals surface area contributed by atoms with Crippen molar-refractivity contribution in [1.29, 1.82) is 5.26 Å². The summed E-state index contributed by atoms with van der Waals surface area (Å²) in [6.45, 7) is 3.60. The van der Waals surface area contributed by atoms with Gasteiger partial charge in [-0.25, -0.2) is 0 Å². The lowest BCUT2D eigenvalue weighted by Gasteiger charge is -2.23. The number of nitrogens with one attached hydrogen (secondary N) is 1. The monoisotopic (exact) mass is 324 g/mol. The molecule has 124 valence electrons. The summed E-state index contributed by atoms with van der Waals surface area (Å²) in [6.07, 6.45) is 0. The standard InChI is InChI=1S/C19H20N2O3/c1-19(2,13-22)21-18(23)15-8-5-6-14(10-15)12-24-17-9-4-3-7-16(17)11-20/h3-10,22H,12-13H2,1-2H3,(H,21,23). The maximum absolute atomic E-state index is 12.2. The van der Waals surface area contributed by atoms with E-state index in [2.05, 4.69) is 11.4 Å². The molecule has 5 heteroatoms. The van der Waals surface area contributed by atoms with Gasteiger partial charge in [0.25, 0.3) is 5.91 Å². The number of rotatable bonds is 6. The first-order valence-corrected chi connectivity index (χ1v) is 7.59. The van der Waals surface area contributed by atoms with E-state index in [1.165, 1.54) is 0 Å². The second-order valence-corrected chi connectivity index (χ2v) is 6.09. The van der Waals surface area contributed by atoms with E-state index in [4.69, 9.17) is 10.00 Å². The lowest BCUT2D eigenvalue weighted by atomic mass is 10.1. The van der Waals surface area contributed by atoms with Crippen molar-refractivity contribution in [2.45, 2.75) is 26.0 Å². The SMILES string of the molecule is CC(C)(CO)NC(=O)c1cccc(COc2ccccc2C#N)c1. The second kappa shape index (κ2) is 7.62. The largest absolute Gasteiger partial charge is 0.488 e. The molecule has 24 heavy (non-hydrogen) atoms. The predicted octanol–water partition coefficient (Wildman–Crippen LogP) is 2.64. The van der Waals surface area contributed by atoms with Gasteiger partial charge in [-0.15, -0.1) is 0 Å². The van der Waals surface area contributed by atoms with Crippen molar-refractivity contribution in [2.75, 3.05) is 6.61 Å². The number of carbonyl (C=O) groups is 1. The zero-order valence-electron chi connectivity index (χ0n) is 13.7. The van der Waals surface area contributed by atoms with Crippen molar-refractivity contribution in [1.82, 2.24) is 5.32 Å². The summed E-state index contributed by atoms with van der Waals surface area (Å²) < 4.78 is 5.68. The first kappa shape index (κ1) is 17.5. The Morgan fingerprint density at radius 3 is 2.71 bits per heavy atom. The van der Waals surface area contributed by atoms with Gasteiger partial charge in [0.15, 0.2) is 0 Å². The van der Waals surface area contributed by atoms with Crippen LogP contribution in [0.25, 0.3) is 0 Å². The van der Waals surface area contributed by atoms with Crippen LogP contribution in [-0.2, 0) is 6.61 Å². The van der Waals surface area contributed by atoms with Gasteiger partial charge < -0.3 is 15.2 Å². The zero-order valence-corrected chi connectivity index (χ0v) is 13.7. The third kappa shape index (κ3) is 4.58. The van der Waals surface area contributed by atoms with Crippen molar-refractivity contribution in [3.63, 3.8) is 0 Å². The van der Waals surface area contributed by atoms with E-state index >= 15 is 0 Å². The Morgan fingerprint density at radius 1 is 1.25 bits per heavy atom. The molecular formula is C19H20N2O3. The van der Waals surface area contributed by atoms with Crippen LogP contribution in [0.3, 0.4) is 0 Å². The highest BCUT2D eigenvalue weighted by molar-refractivity contribution is 5.94. The summed E-state index contributed by atoms with van der Waals surface area (Å²) in [5.74, 6) is 0.254. The predicted molar refractivity (Wildman–Crippen MR) is 90.6 cm³/mol. The molecule has 0 aliphatic rings. The number of para-hydroxylation sites is 1. The molecule has 0 aliphatic heterocycles. The minimum Gasteiger partial charge on any atom is -0.488 e. The van der Waals surface area contributed by atoms with E-state index in [1.807, 2.05) is 6.07 Å². The molecule has 0 unspecified atom stereocenters. The number of amides is 1. The maximum Gasteiger partial charge on any atom is 0.251 e. The summed E-state index contributed by atoms with van der Waals surface area (Å²) in [7, 11) is 0. The highest BCUT2D eigenvalue weighted by Gasteiger charge is 2.20. The number of aliphatic hydroxyl groups is 1. The van der Waals surface area contributed by atoms with Crippen LogP contribution in [-0.4, -0.2) is 23.2 Å². The Morgan fingerprint density at radius 2 is 2.00 bits per heavy atom. The van der Waals surface area contributed by atoms with E-state index < -0.39 is 5.54 Å². The highest BCUT2D eigenvalue weighted by atomic mass is 16.5. The summed E-state index contributed by atoms with van der Waals surface area (Å²) >= 11 is 0. The lowest BCUT2D eigenvalue weighted by molar-refractivity contribution is 0.0869. The smallest absolute Gasteiger partial charge is 0.251 e. The fourth-order valence-corrected chi connectivity index (χ4v) is 2.07. The Kier molecular flexibility index (Phi) is 5.56. The van der Waals surface area contributed by atoms with Gasteiger partial charge in [-0.2, -0.15) is 5.26 Å². The van der Waals surface area contributed by atoms with Crippen LogP contribution >= 0.6 is 0 Å². The number of benzene rings is 2. The van der Waals surface area contributed by atoms with Gasteiger partial charge in [-0.05, 0) is 43.7 Å². The van der Waals surface area contributed by atoms with E-state index in [1.54, 1.807) is 56.3 Å².